The Bertz CT molecular complexity index is 749. The van der Waals surface area contributed by atoms with E-state index in [1.165, 1.54) is 5.56 Å². The largest absolute Gasteiger partial charge is 0.508 e. The summed E-state index contributed by atoms with van der Waals surface area (Å²) in [5.74, 6) is 1.86. The number of fused-ring (bicyclic) bond motifs is 1. The molecule has 0 bridgehead atoms. The molecule has 0 spiro atoms. The molecule has 0 atom stereocenters. The lowest BCUT2D eigenvalue weighted by Crippen LogP contribution is -2.09. The highest BCUT2D eigenvalue weighted by Crippen LogP contribution is 2.33. The fraction of sp³-hybridized carbons (Fsp3) is 0.250. The van der Waals surface area contributed by atoms with Crippen molar-refractivity contribution in [3.05, 3.63) is 83.9 Å². The van der Waals surface area contributed by atoms with E-state index in [4.69, 9.17) is 14.9 Å². The minimum Gasteiger partial charge on any atom is -0.508 e. The Morgan fingerprint density at radius 1 is 0.714 bits per heavy atom. The van der Waals surface area contributed by atoms with Gasteiger partial charge in [-0.05, 0) is 55.7 Å². The van der Waals surface area contributed by atoms with Crippen molar-refractivity contribution in [1.82, 2.24) is 0 Å². The summed E-state index contributed by atoms with van der Waals surface area (Å²) < 4.78 is 5.48. The Morgan fingerprint density at radius 2 is 1.21 bits per heavy atom. The van der Waals surface area contributed by atoms with Gasteiger partial charge in [0, 0.05) is 5.56 Å². The van der Waals surface area contributed by atoms with E-state index >= 15 is 0 Å². The Balaban J connectivity index is 0.000000212. The molecular weight excluding hydrogens is 352 g/mol. The lowest BCUT2D eigenvalue weighted by atomic mass is 10.0. The van der Waals surface area contributed by atoms with Gasteiger partial charge in [0.25, 0.3) is 0 Å². The molecule has 0 saturated carbocycles. The predicted octanol–water partition coefficient (Wildman–Crippen LogP) is 5.84. The van der Waals surface area contributed by atoms with Gasteiger partial charge in [-0.25, -0.2) is 0 Å². The van der Waals surface area contributed by atoms with Crippen molar-refractivity contribution in [3.63, 3.8) is 0 Å². The first-order chi connectivity index (χ1) is 13.6. The number of hydrogen-bond donors (Lipinski definition) is 3. The third-order valence-corrected chi connectivity index (χ3v) is 3.81. The summed E-state index contributed by atoms with van der Waals surface area (Å²) >= 11 is 0. The summed E-state index contributed by atoms with van der Waals surface area (Å²) in [7, 11) is 0. The monoisotopic (exact) mass is 382 g/mol. The first kappa shape index (κ1) is 22.9. The smallest absolute Gasteiger partial charge is 0.129 e. The Labute approximate surface area is 167 Å². The maximum Gasteiger partial charge on any atom is 0.129 e. The van der Waals surface area contributed by atoms with Gasteiger partial charge in [-0.15, -0.1) is 0 Å². The van der Waals surface area contributed by atoms with Gasteiger partial charge in [0.1, 0.15) is 23.0 Å². The van der Waals surface area contributed by atoms with Crippen LogP contribution in [0.15, 0.2) is 72.8 Å². The van der Waals surface area contributed by atoms with E-state index in [0.29, 0.717) is 17.2 Å². The van der Waals surface area contributed by atoms with Crippen molar-refractivity contribution < 1.29 is 20.1 Å². The number of phenols is 3. The molecule has 4 rings (SSSR count). The molecule has 150 valence electrons. The third-order valence-electron chi connectivity index (χ3n) is 3.81. The van der Waals surface area contributed by atoms with Crippen LogP contribution in [-0.4, -0.2) is 21.9 Å². The molecule has 0 amide bonds. The minimum absolute atomic E-state index is 0.322. The lowest BCUT2D eigenvalue weighted by molar-refractivity contribution is 0.284. The highest BCUT2D eigenvalue weighted by Gasteiger charge is 2.14. The zero-order valence-electron chi connectivity index (χ0n) is 16.8. The number of benzene rings is 3. The van der Waals surface area contributed by atoms with Gasteiger partial charge in [0.2, 0.25) is 0 Å². The predicted molar refractivity (Wildman–Crippen MR) is 114 cm³/mol. The molecule has 0 unspecified atom stereocenters. The second-order valence-electron chi connectivity index (χ2n) is 5.82. The Hall–Kier alpha value is -3.14. The Kier molecular flexibility index (Phi) is 10.7. The molecule has 4 nitrogen and oxygen atoms in total. The van der Waals surface area contributed by atoms with E-state index in [0.717, 1.165) is 30.8 Å². The van der Waals surface area contributed by atoms with Crippen LogP contribution in [0.3, 0.4) is 0 Å². The van der Waals surface area contributed by atoms with Gasteiger partial charge in [0.05, 0.1) is 6.61 Å². The molecule has 3 N–H and O–H groups in total. The number of hydrogen-bond acceptors (Lipinski definition) is 4. The SMILES string of the molecule is CC.Cc1c(O)ccc2c1OCCC2.Oc1ccccc1.Oc1ccccc1. The van der Waals surface area contributed by atoms with Crippen molar-refractivity contribution in [2.75, 3.05) is 6.61 Å². The van der Waals surface area contributed by atoms with E-state index in [1.54, 1.807) is 54.6 Å². The molecule has 4 heteroatoms. The number of para-hydroxylation sites is 2. The van der Waals surface area contributed by atoms with Crippen molar-refractivity contribution >= 4 is 0 Å². The van der Waals surface area contributed by atoms with Crippen LogP contribution in [0.2, 0.25) is 0 Å². The second kappa shape index (κ2) is 13.1. The molecule has 0 aliphatic carbocycles. The summed E-state index contributed by atoms with van der Waals surface area (Å²) in [6.07, 6.45) is 2.15. The molecule has 0 saturated heterocycles. The lowest BCUT2D eigenvalue weighted by Gasteiger charge is -2.19. The van der Waals surface area contributed by atoms with Crippen LogP contribution in [0, 0.1) is 6.92 Å². The van der Waals surface area contributed by atoms with Crippen molar-refractivity contribution in [1.29, 1.82) is 0 Å². The molecular formula is C24H30O4. The molecule has 1 heterocycles. The molecule has 0 radical (unpaired) electrons. The third kappa shape index (κ3) is 8.04. The van der Waals surface area contributed by atoms with Crippen LogP contribution < -0.4 is 4.74 Å². The summed E-state index contributed by atoms with van der Waals surface area (Å²) in [5, 5.41) is 26.7. The first-order valence-corrected chi connectivity index (χ1v) is 9.50. The van der Waals surface area contributed by atoms with Crippen molar-refractivity contribution in [2.24, 2.45) is 0 Å². The van der Waals surface area contributed by atoms with Crippen LogP contribution in [0.1, 0.15) is 31.4 Å². The molecule has 3 aromatic rings. The zero-order chi connectivity index (χ0) is 20.8. The summed E-state index contributed by atoms with van der Waals surface area (Å²) in [6.45, 7) is 6.66. The van der Waals surface area contributed by atoms with Gasteiger partial charge in [-0.1, -0.05) is 56.3 Å². The maximum atomic E-state index is 9.40. The molecule has 28 heavy (non-hydrogen) atoms. The van der Waals surface area contributed by atoms with Crippen molar-refractivity contribution in [2.45, 2.75) is 33.6 Å². The van der Waals surface area contributed by atoms with E-state index < -0.39 is 0 Å². The summed E-state index contributed by atoms with van der Waals surface area (Å²) in [4.78, 5) is 0. The second-order valence-corrected chi connectivity index (χ2v) is 5.82. The topological polar surface area (TPSA) is 69.9 Å². The molecule has 3 aromatic carbocycles. The Morgan fingerprint density at radius 3 is 1.64 bits per heavy atom. The fourth-order valence-corrected chi connectivity index (χ4v) is 2.43. The number of aromatic hydroxyl groups is 3. The number of rotatable bonds is 0. The van der Waals surface area contributed by atoms with E-state index in [-0.39, 0.29) is 0 Å². The van der Waals surface area contributed by atoms with Crippen LogP contribution in [-0.2, 0) is 6.42 Å². The quantitative estimate of drug-likeness (QED) is 0.457. The average Bonchev–Trinajstić information content (AvgIpc) is 2.75. The average molecular weight is 382 g/mol. The zero-order valence-corrected chi connectivity index (χ0v) is 16.8. The molecule has 0 fully saturated rings. The number of aryl methyl sites for hydroxylation is 1. The normalized spacial score (nSPS) is 11.0. The van der Waals surface area contributed by atoms with E-state index in [2.05, 4.69) is 0 Å². The van der Waals surface area contributed by atoms with Crippen LogP contribution in [0.5, 0.6) is 23.0 Å². The molecule has 1 aliphatic rings. The minimum atomic E-state index is 0.322. The summed E-state index contributed by atoms with van der Waals surface area (Å²) in [6, 6.07) is 21.1. The van der Waals surface area contributed by atoms with Crippen LogP contribution in [0.4, 0.5) is 0 Å². The van der Waals surface area contributed by atoms with Gasteiger partial charge >= 0.3 is 0 Å². The maximum absolute atomic E-state index is 9.40. The van der Waals surface area contributed by atoms with Gasteiger partial charge in [-0.3, -0.25) is 0 Å². The van der Waals surface area contributed by atoms with Gasteiger partial charge in [-0.2, -0.15) is 0 Å². The highest BCUT2D eigenvalue weighted by atomic mass is 16.5. The van der Waals surface area contributed by atoms with E-state index in [1.807, 2.05) is 39.0 Å². The van der Waals surface area contributed by atoms with Crippen molar-refractivity contribution in [3.8, 4) is 23.0 Å². The van der Waals surface area contributed by atoms with Gasteiger partial charge < -0.3 is 20.1 Å². The van der Waals surface area contributed by atoms with Gasteiger partial charge in [0.15, 0.2) is 0 Å². The number of ether oxygens (including phenoxy) is 1. The first-order valence-electron chi connectivity index (χ1n) is 9.50. The standard InChI is InChI=1S/C10H12O2.2C6H6O.C2H6/c1-7-9(11)5-4-8-3-2-6-12-10(7)8;2*7-6-4-2-1-3-5-6;1-2/h4-5,11H,2-3,6H2,1H3;2*1-5,7H;1-2H3. The highest BCUT2D eigenvalue weighted by molar-refractivity contribution is 5.49. The van der Waals surface area contributed by atoms with E-state index in [9.17, 15) is 5.11 Å². The fourth-order valence-electron chi connectivity index (χ4n) is 2.43. The summed E-state index contributed by atoms with van der Waals surface area (Å²) in [5.41, 5.74) is 2.09. The molecule has 1 aliphatic heterocycles. The number of phenolic OH excluding ortho intramolecular Hbond substituents is 3. The molecule has 0 aromatic heterocycles. The van der Waals surface area contributed by atoms with Crippen LogP contribution >= 0.6 is 0 Å². The van der Waals surface area contributed by atoms with Crippen LogP contribution in [0.25, 0.3) is 0 Å².